The molecule has 94 valence electrons. The third kappa shape index (κ3) is 13.8. The largest absolute Gasteiger partial charge is 0.394 e. The van der Waals surface area contributed by atoms with E-state index in [9.17, 15) is 0 Å². The number of hydrazine groups is 1. The first kappa shape index (κ1) is 17.2. The van der Waals surface area contributed by atoms with Crippen molar-refractivity contribution in [3.05, 3.63) is 0 Å². The Kier molecular flexibility index (Phi) is 5.98. The zero-order valence-electron chi connectivity index (χ0n) is 10.1. The lowest BCUT2D eigenvalue weighted by Gasteiger charge is -2.41. The molecule has 0 aliphatic carbocycles. The Hall–Kier alpha value is -0.210. The van der Waals surface area contributed by atoms with Gasteiger partial charge >= 0.3 is 10.4 Å². The van der Waals surface area contributed by atoms with Crippen LogP contribution in [-0.4, -0.2) is 33.6 Å². The van der Waals surface area contributed by atoms with Crippen molar-refractivity contribution in [2.45, 2.75) is 52.6 Å². The summed E-state index contributed by atoms with van der Waals surface area (Å²) in [5.74, 6) is 5.86. The fourth-order valence-corrected chi connectivity index (χ4v) is 1.01. The van der Waals surface area contributed by atoms with Crippen molar-refractivity contribution < 1.29 is 17.5 Å². The van der Waals surface area contributed by atoms with Gasteiger partial charge in [0.2, 0.25) is 0 Å². The molecule has 15 heavy (non-hydrogen) atoms. The van der Waals surface area contributed by atoms with Crippen LogP contribution in [-0.2, 0) is 10.4 Å². The van der Waals surface area contributed by atoms with Crippen molar-refractivity contribution in [3.63, 3.8) is 0 Å². The summed E-state index contributed by atoms with van der Waals surface area (Å²) in [6, 6.07) is 0. The second-order valence-electron chi connectivity index (χ2n) is 5.16. The third-order valence-electron chi connectivity index (χ3n) is 1.45. The quantitative estimate of drug-likeness (QED) is 0.334. The fourth-order valence-electron chi connectivity index (χ4n) is 1.01. The Morgan fingerprint density at radius 2 is 1.07 bits per heavy atom. The van der Waals surface area contributed by atoms with Crippen molar-refractivity contribution in [1.82, 2.24) is 5.01 Å². The first-order chi connectivity index (χ1) is 6.15. The minimum Gasteiger partial charge on any atom is -0.268 e. The fraction of sp³-hybridized carbons (Fsp3) is 1.00. The van der Waals surface area contributed by atoms with Crippen LogP contribution in [0.15, 0.2) is 0 Å². The molecule has 0 spiro atoms. The van der Waals surface area contributed by atoms with Crippen LogP contribution < -0.4 is 5.84 Å². The smallest absolute Gasteiger partial charge is 0.268 e. The van der Waals surface area contributed by atoms with Gasteiger partial charge in [0.25, 0.3) is 0 Å². The zero-order valence-corrected chi connectivity index (χ0v) is 11.0. The van der Waals surface area contributed by atoms with E-state index in [1.54, 1.807) is 0 Å². The van der Waals surface area contributed by atoms with Gasteiger partial charge in [-0.25, -0.2) is 5.01 Å². The van der Waals surface area contributed by atoms with Gasteiger partial charge in [-0.15, -0.1) is 0 Å². The van der Waals surface area contributed by atoms with Crippen LogP contribution in [0, 0.1) is 0 Å². The molecule has 0 radical (unpaired) electrons. The van der Waals surface area contributed by atoms with Crippen molar-refractivity contribution >= 4 is 10.4 Å². The molecule has 0 atom stereocenters. The van der Waals surface area contributed by atoms with Crippen LogP contribution in [0.25, 0.3) is 0 Å². The molecule has 0 amide bonds. The maximum absolute atomic E-state index is 8.74. The van der Waals surface area contributed by atoms with E-state index in [0.29, 0.717) is 0 Å². The Labute approximate surface area is 92.0 Å². The lowest BCUT2D eigenvalue weighted by molar-refractivity contribution is 0.0381. The van der Waals surface area contributed by atoms with Gasteiger partial charge in [-0.05, 0) is 41.5 Å². The Bertz CT molecular complexity index is 252. The monoisotopic (exact) mass is 242 g/mol. The second kappa shape index (κ2) is 5.22. The maximum atomic E-state index is 8.74. The lowest BCUT2D eigenvalue weighted by atomic mass is 9.99. The summed E-state index contributed by atoms with van der Waals surface area (Å²) in [4.78, 5) is 0. The lowest BCUT2D eigenvalue weighted by Crippen LogP contribution is -2.56. The number of nitrogens with two attached hydrogens (primary N) is 1. The van der Waals surface area contributed by atoms with E-state index in [0.717, 1.165) is 0 Å². The molecular weight excluding hydrogens is 220 g/mol. The molecule has 0 heterocycles. The summed E-state index contributed by atoms with van der Waals surface area (Å²) < 4.78 is 31.6. The molecule has 7 heteroatoms. The number of hydrogen-bond donors (Lipinski definition) is 3. The van der Waals surface area contributed by atoms with Gasteiger partial charge in [0.15, 0.2) is 0 Å². The standard InChI is InChI=1S/C8H20N2.H2O4S/c1-7(2,3)10(9)8(4,5)6;1-5(2,3)4/h9H2,1-6H3;(H2,1,2,3,4). The van der Waals surface area contributed by atoms with Crippen LogP contribution in [0.1, 0.15) is 41.5 Å². The van der Waals surface area contributed by atoms with Crippen molar-refractivity contribution in [3.8, 4) is 0 Å². The summed E-state index contributed by atoms with van der Waals surface area (Å²) in [7, 11) is -4.67. The van der Waals surface area contributed by atoms with Crippen LogP contribution >= 0.6 is 0 Å². The predicted octanol–water partition coefficient (Wildman–Crippen LogP) is 1.11. The van der Waals surface area contributed by atoms with Crippen LogP contribution in [0.4, 0.5) is 0 Å². The van der Waals surface area contributed by atoms with Gasteiger partial charge in [-0.2, -0.15) is 8.42 Å². The van der Waals surface area contributed by atoms with E-state index >= 15 is 0 Å². The molecule has 0 saturated carbocycles. The van der Waals surface area contributed by atoms with E-state index in [2.05, 4.69) is 41.5 Å². The summed E-state index contributed by atoms with van der Waals surface area (Å²) in [6.07, 6.45) is 0. The van der Waals surface area contributed by atoms with E-state index in [4.69, 9.17) is 23.4 Å². The molecule has 0 aliphatic rings. The maximum Gasteiger partial charge on any atom is 0.394 e. The van der Waals surface area contributed by atoms with Gasteiger partial charge < -0.3 is 0 Å². The average molecular weight is 242 g/mol. The zero-order chi connectivity index (χ0) is 13.1. The summed E-state index contributed by atoms with van der Waals surface area (Å²) >= 11 is 0. The van der Waals surface area contributed by atoms with Crippen LogP contribution in [0.5, 0.6) is 0 Å². The normalized spacial score (nSPS) is 13.5. The summed E-state index contributed by atoms with van der Waals surface area (Å²) in [5, 5.41) is 1.88. The predicted molar refractivity (Wildman–Crippen MR) is 59.7 cm³/mol. The molecule has 0 unspecified atom stereocenters. The highest BCUT2D eigenvalue weighted by molar-refractivity contribution is 7.79. The molecule has 0 fully saturated rings. The highest BCUT2D eigenvalue weighted by Gasteiger charge is 2.27. The minimum absolute atomic E-state index is 0.0538. The van der Waals surface area contributed by atoms with E-state index < -0.39 is 10.4 Å². The van der Waals surface area contributed by atoms with E-state index in [1.165, 1.54) is 0 Å². The molecule has 0 aromatic rings. The molecule has 4 N–H and O–H groups in total. The summed E-state index contributed by atoms with van der Waals surface area (Å²) in [6.45, 7) is 12.7. The van der Waals surface area contributed by atoms with Gasteiger partial charge in [-0.1, -0.05) is 0 Å². The summed E-state index contributed by atoms with van der Waals surface area (Å²) in [5.41, 5.74) is 0.108. The second-order valence-corrected chi connectivity index (χ2v) is 6.06. The van der Waals surface area contributed by atoms with Crippen LogP contribution in [0.3, 0.4) is 0 Å². The third-order valence-corrected chi connectivity index (χ3v) is 1.45. The Morgan fingerprint density at radius 3 is 1.07 bits per heavy atom. The van der Waals surface area contributed by atoms with Gasteiger partial charge in [0.1, 0.15) is 0 Å². The Morgan fingerprint density at radius 1 is 0.933 bits per heavy atom. The number of rotatable bonds is 0. The van der Waals surface area contributed by atoms with Crippen molar-refractivity contribution in [2.24, 2.45) is 5.84 Å². The topological polar surface area (TPSA) is 104 Å². The molecular formula is C8H22N2O4S. The first-order valence-corrected chi connectivity index (χ1v) is 5.80. The van der Waals surface area contributed by atoms with Crippen molar-refractivity contribution in [1.29, 1.82) is 0 Å². The van der Waals surface area contributed by atoms with Gasteiger partial charge in [0.05, 0.1) is 0 Å². The average Bonchev–Trinajstić information content (AvgIpc) is 1.77. The molecule has 0 aromatic heterocycles. The van der Waals surface area contributed by atoms with Crippen LogP contribution in [0.2, 0.25) is 0 Å². The molecule has 0 bridgehead atoms. The highest BCUT2D eigenvalue weighted by atomic mass is 32.3. The van der Waals surface area contributed by atoms with Gasteiger partial charge in [-0.3, -0.25) is 14.9 Å². The van der Waals surface area contributed by atoms with E-state index in [-0.39, 0.29) is 11.1 Å². The molecule has 0 saturated heterocycles. The van der Waals surface area contributed by atoms with Gasteiger partial charge in [0, 0.05) is 11.1 Å². The molecule has 0 rings (SSSR count). The Balaban J connectivity index is 0. The van der Waals surface area contributed by atoms with Crippen molar-refractivity contribution in [2.75, 3.05) is 0 Å². The highest BCUT2D eigenvalue weighted by Crippen LogP contribution is 2.19. The van der Waals surface area contributed by atoms with E-state index in [1.807, 2.05) is 5.01 Å². The molecule has 6 nitrogen and oxygen atoms in total. The minimum atomic E-state index is -4.67. The number of nitrogens with zero attached hydrogens (tertiary/aromatic N) is 1. The molecule has 0 aliphatic heterocycles. The number of hydrogen-bond acceptors (Lipinski definition) is 4. The first-order valence-electron chi connectivity index (χ1n) is 4.40. The SMILES string of the molecule is CC(C)(C)N(N)C(C)(C)C.O=S(=O)(O)O. The molecule has 0 aromatic carbocycles.